The van der Waals surface area contributed by atoms with Crippen molar-refractivity contribution in [1.29, 1.82) is 0 Å². The number of carbonyl (C=O) groups excluding carboxylic acids is 8. The van der Waals surface area contributed by atoms with E-state index in [1.165, 1.54) is 52.0 Å². The summed E-state index contributed by atoms with van der Waals surface area (Å²) in [7, 11) is 0. The summed E-state index contributed by atoms with van der Waals surface area (Å²) < 4.78 is 0. The number of carbonyl (C=O) groups is 8. The molecule has 4 rings (SSSR count). The van der Waals surface area contributed by atoms with E-state index in [0.717, 1.165) is 24.8 Å². The smallest absolute Gasteiger partial charge is 0.545 e. The molecule has 0 atom stereocenters. The van der Waals surface area contributed by atoms with Gasteiger partial charge >= 0.3 is 43.4 Å². The summed E-state index contributed by atoms with van der Waals surface area (Å²) in [6.07, 6.45) is 3.70. The first-order valence-electron chi connectivity index (χ1n) is 13.7. The zero-order chi connectivity index (χ0) is 40.0. The third kappa shape index (κ3) is 15.2. The molecule has 0 N–H and O–H groups in total. The Morgan fingerprint density at radius 2 is 0.481 bits per heavy atom. The molecule has 272 valence electrons. The van der Waals surface area contributed by atoms with Gasteiger partial charge in [-0.05, 0) is 74.2 Å². The molecular weight excluding hydrogens is 792 g/mol. The van der Waals surface area contributed by atoms with Crippen LogP contribution in [0, 0.1) is 27.7 Å². The summed E-state index contributed by atoms with van der Waals surface area (Å²) in [5, 5.41) is 82.7. The van der Waals surface area contributed by atoms with Crippen LogP contribution in [0.2, 0.25) is 0 Å². The minimum absolute atomic E-state index is 0. The Hall–Kier alpha value is -6.21. The van der Waals surface area contributed by atoms with Gasteiger partial charge in [-0.25, -0.2) is 0 Å². The van der Waals surface area contributed by atoms with Crippen molar-refractivity contribution in [3.05, 3.63) is 116 Å². The second-order valence-electron chi connectivity index (χ2n) is 9.86. The van der Waals surface area contributed by atoms with Crippen molar-refractivity contribution in [2.24, 2.45) is 0 Å². The van der Waals surface area contributed by atoms with Gasteiger partial charge in [0.1, 0.15) is 0 Å². The Morgan fingerprint density at radius 1 is 0.333 bits per heavy atom. The van der Waals surface area contributed by atoms with Gasteiger partial charge in [-0.3, -0.25) is 19.9 Å². The number of rotatable bonds is 8. The van der Waals surface area contributed by atoms with Crippen molar-refractivity contribution in [2.75, 3.05) is 0 Å². The van der Waals surface area contributed by atoms with Gasteiger partial charge in [0.15, 0.2) is 0 Å². The Labute approximate surface area is 333 Å². The zero-order valence-corrected chi connectivity index (χ0v) is 31.1. The first-order valence-corrected chi connectivity index (χ1v) is 13.7. The van der Waals surface area contributed by atoms with Crippen LogP contribution < -0.4 is 40.9 Å². The van der Waals surface area contributed by atoms with Crippen LogP contribution in [0.5, 0.6) is 0 Å². The fourth-order valence-corrected chi connectivity index (χ4v) is 3.60. The molecule has 0 saturated carbocycles. The molecule has 54 heavy (non-hydrogen) atoms. The van der Waals surface area contributed by atoms with E-state index in [0.29, 0.717) is 0 Å². The fraction of sp³-hybridized carbons (Fsp3) is 0.125. The molecule has 0 aliphatic carbocycles. The molecule has 0 spiro atoms. The Balaban J connectivity index is 0. The van der Waals surface area contributed by atoms with Gasteiger partial charge in [-0.2, -0.15) is 0 Å². The average Bonchev–Trinajstić information content (AvgIpc) is 3.04. The topological polar surface area (TPSA) is 373 Å². The number of carboxylic acid groups (broad SMARTS) is 8. The SMILES string of the molecule is Cc1cc(C(=O)[O-])cnc1C(=O)[O-].Cc1cc(C(=O)[O-])cnc1C(=O)[O-].Cc1cc(C(=O)[O-])cnc1C(=O)[O-].Cc1cc(C(=O)[O-])cnc1C(=O)[O-].[Ti+4].[Ti+4]. The molecule has 0 amide bonds. The first kappa shape index (κ1) is 49.9. The molecule has 0 bridgehead atoms. The standard InChI is InChI=1S/4C8H7NO4.2Ti/c4*1-4-2-5(7(10)11)3-9-6(4)8(12)13;;/h4*2-3H,1H3,(H,10,11)(H,12,13);;/q;;;;2*+4/p-8. The van der Waals surface area contributed by atoms with E-state index in [2.05, 4.69) is 19.9 Å². The number of hydrogen-bond donors (Lipinski definition) is 0. The number of hydrogen-bond acceptors (Lipinski definition) is 20. The van der Waals surface area contributed by atoms with Crippen LogP contribution >= 0.6 is 0 Å². The monoisotopic (exact) mass is 812 g/mol. The van der Waals surface area contributed by atoms with Crippen LogP contribution in [-0.4, -0.2) is 67.7 Å². The molecule has 0 fully saturated rings. The maximum absolute atomic E-state index is 10.4. The summed E-state index contributed by atoms with van der Waals surface area (Å²) in [4.78, 5) is 96.4. The molecule has 20 nitrogen and oxygen atoms in total. The van der Waals surface area contributed by atoms with Crippen molar-refractivity contribution in [1.82, 2.24) is 19.9 Å². The van der Waals surface area contributed by atoms with Gasteiger partial charge in [0.2, 0.25) is 0 Å². The van der Waals surface area contributed by atoms with Crippen LogP contribution in [0.3, 0.4) is 0 Å². The number of pyridine rings is 4. The Kier molecular flexibility index (Phi) is 20.9. The average molecular weight is 812 g/mol. The van der Waals surface area contributed by atoms with E-state index in [1.54, 1.807) is 0 Å². The molecule has 0 aliphatic heterocycles. The Morgan fingerprint density at radius 3 is 0.574 bits per heavy atom. The Bertz CT molecular complexity index is 1800. The van der Waals surface area contributed by atoms with Gasteiger partial charge in [-0.15, -0.1) is 0 Å². The molecule has 4 heterocycles. The van der Waals surface area contributed by atoms with Crippen LogP contribution in [0.1, 0.15) is 106 Å². The van der Waals surface area contributed by atoms with Crippen LogP contribution in [0.25, 0.3) is 0 Å². The minimum Gasteiger partial charge on any atom is -0.545 e. The van der Waals surface area contributed by atoms with Gasteiger partial charge in [0, 0.05) is 47.0 Å². The second-order valence-corrected chi connectivity index (χ2v) is 9.86. The molecule has 22 heteroatoms. The fourth-order valence-electron chi connectivity index (χ4n) is 3.60. The van der Waals surface area contributed by atoms with Gasteiger partial charge in [0.05, 0.1) is 70.5 Å². The number of carboxylic acids is 8. The van der Waals surface area contributed by atoms with E-state index in [-0.39, 0.29) is 111 Å². The van der Waals surface area contributed by atoms with E-state index in [1.807, 2.05) is 0 Å². The van der Waals surface area contributed by atoms with Crippen molar-refractivity contribution in [3.8, 4) is 0 Å². The molecule has 0 unspecified atom stereocenters. The van der Waals surface area contributed by atoms with E-state index in [4.69, 9.17) is 0 Å². The molecule has 0 aromatic carbocycles. The first-order chi connectivity index (χ1) is 24.1. The molecule has 0 saturated heterocycles. The second kappa shape index (κ2) is 22.7. The summed E-state index contributed by atoms with van der Waals surface area (Å²) >= 11 is 0. The minimum atomic E-state index is -1.43. The van der Waals surface area contributed by atoms with Crippen molar-refractivity contribution in [2.45, 2.75) is 27.7 Å². The molecule has 4 aromatic heterocycles. The quantitative estimate of drug-likeness (QED) is 0.149. The third-order valence-electron chi connectivity index (χ3n) is 6.03. The largest absolute Gasteiger partial charge is 4.00 e. The predicted octanol–water partition coefficient (Wildman–Crippen LogP) is -7.54. The molecular formula is C32H20N4O16Ti2. The summed E-state index contributed by atoms with van der Waals surface area (Å²) in [5.41, 5.74) is -0.688. The maximum atomic E-state index is 10.4. The van der Waals surface area contributed by atoms with Crippen molar-refractivity contribution < 1.29 is 123 Å². The van der Waals surface area contributed by atoms with E-state index < -0.39 is 47.8 Å². The third-order valence-corrected chi connectivity index (χ3v) is 6.03. The van der Waals surface area contributed by atoms with Gasteiger partial charge in [0.25, 0.3) is 0 Å². The molecule has 0 aliphatic rings. The van der Waals surface area contributed by atoms with Gasteiger partial charge < -0.3 is 79.2 Å². The number of aryl methyl sites for hydroxylation is 4. The van der Waals surface area contributed by atoms with E-state index >= 15 is 0 Å². The predicted molar refractivity (Wildman–Crippen MR) is 151 cm³/mol. The molecule has 4 aromatic rings. The number of aromatic nitrogens is 4. The normalized spacial score (nSPS) is 9.26. The zero-order valence-electron chi connectivity index (χ0n) is 27.9. The number of aromatic carboxylic acids is 8. The van der Waals surface area contributed by atoms with Gasteiger partial charge in [-0.1, -0.05) is 0 Å². The molecule has 0 radical (unpaired) electrons. The summed E-state index contributed by atoms with van der Waals surface area (Å²) in [6, 6.07) is 4.70. The van der Waals surface area contributed by atoms with E-state index in [9.17, 15) is 79.2 Å². The van der Waals surface area contributed by atoms with Crippen molar-refractivity contribution >= 4 is 47.8 Å². The number of nitrogens with zero attached hydrogens (tertiary/aromatic N) is 4. The summed E-state index contributed by atoms with van der Waals surface area (Å²) in [5.74, 6) is -11.3. The maximum Gasteiger partial charge on any atom is 4.00 e. The van der Waals surface area contributed by atoms with Crippen molar-refractivity contribution in [3.63, 3.8) is 0 Å². The van der Waals surface area contributed by atoms with Crippen LogP contribution in [0.4, 0.5) is 0 Å². The van der Waals surface area contributed by atoms with Crippen LogP contribution in [-0.2, 0) is 43.4 Å². The van der Waals surface area contributed by atoms with Crippen LogP contribution in [0.15, 0.2) is 49.1 Å². The summed E-state index contributed by atoms with van der Waals surface area (Å²) in [6.45, 7) is 5.74.